The average Bonchev–Trinajstić information content (AvgIpc) is 2.32. The Morgan fingerprint density at radius 3 is 2.94 bits per heavy atom. The van der Waals surface area contributed by atoms with E-state index < -0.39 is 5.82 Å². The molecule has 0 spiro atoms. The van der Waals surface area contributed by atoms with Gasteiger partial charge in [0.15, 0.2) is 0 Å². The first-order chi connectivity index (χ1) is 8.20. The normalized spacial score (nSPS) is 9.88. The molecule has 0 saturated heterocycles. The number of rotatable bonds is 2. The van der Waals surface area contributed by atoms with Gasteiger partial charge in [-0.15, -0.1) is 0 Å². The summed E-state index contributed by atoms with van der Waals surface area (Å²) in [6.07, 6.45) is 4.21. The van der Waals surface area contributed by atoms with Crippen LogP contribution in [0, 0.1) is 17.1 Å². The number of nitrogens with zero attached hydrogens (tertiary/aromatic N) is 3. The molecule has 1 heterocycles. The zero-order valence-electron chi connectivity index (χ0n) is 8.80. The molecule has 1 aromatic carbocycles. The van der Waals surface area contributed by atoms with Crippen molar-refractivity contribution in [1.29, 1.82) is 5.26 Å². The summed E-state index contributed by atoms with van der Waals surface area (Å²) in [6.45, 7) is 0.254. The molecule has 4 nitrogen and oxygen atoms in total. The lowest BCUT2D eigenvalue weighted by Gasteiger charge is -2.05. The maximum absolute atomic E-state index is 13.3. The zero-order chi connectivity index (χ0) is 12.3. The lowest BCUT2D eigenvalue weighted by atomic mass is 10.1. The van der Waals surface area contributed by atoms with Crippen molar-refractivity contribution >= 4 is 0 Å². The molecule has 2 rings (SSSR count). The van der Waals surface area contributed by atoms with Gasteiger partial charge < -0.3 is 4.57 Å². The highest BCUT2D eigenvalue weighted by Gasteiger charge is 2.03. The van der Waals surface area contributed by atoms with Gasteiger partial charge in [0.25, 0.3) is 5.56 Å². The summed E-state index contributed by atoms with van der Waals surface area (Å²) in [5, 5.41) is 8.59. The maximum Gasteiger partial charge on any atom is 0.269 e. The van der Waals surface area contributed by atoms with E-state index in [1.807, 2.05) is 0 Å². The van der Waals surface area contributed by atoms with E-state index in [-0.39, 0.29) is 17.7 Å². The molecule has 0 atom stereocenters. The van der Waals surface area contributed by atoms with Crippen LogP contribution in [0.25, 0.3) is 0 Å². The third-order valence-electron chi connectivity index (χ3n) is 2.31. The second-order valence-electron chi connectivity index (χ2n) is 3.47. The van der Waals surface area contributed by atoms with Crippen molar-refractivity contribution in [1.82, 2.24) is 9.55 Å². The molecule has 84 valence electrons. The van der Waals surface area contributed by atoms with Crippen LogP contribution >= 0.6 is 0 Å². The number of hydrogen-bond donors (Lipinski definition) is 0. The molecule has 0 saturated carbocycles. The van der Waals surface area contributed by atoms with Gasteiger partial charge in [0.2, 0.25) is 0 Å². The van der Waals surface area contributed by atoms with Gasteiger partial charge in [0.1, 0.15) is 11.9 Å². The molecule has 0 aliphatic heterocycles. The van der Waals surface area contributed by atoms with E-state index in [9.17, 15) is 9.18 Å². The highest BCUT2D eigenvalue weighted by molar-refractivity contribution is 5.33. The SMILES string of the molecule is N#Cc1ccc(Cn2ccncc2=O)cc1F. The quantitative estimate of drug-likeness (QED) is 0.779. The predicted octanol–water partition coefficient (Wildman–Crippen LogP) is 1.30. The molecule has 0 aliphatic carbocycles. The number of nitriles is 1. The largest absolute Gasteiger partial charge is 0.308 e. The zero-order valence-corrected chi connectivity index (χ0v) is 8.80. The summed E-state index contributed by atoms with van der Waals surface area (Å²) in [5.74, 6) is -0.577. The van der Waals surface area contributed by atoms with Gasteiger partial charge in [-0.1, -0.05) is 6.07 Å². The Morgan fingerprint density at radius 1 is 1.47 bits per heavy atom. The smallest absolute Gasteiger partial charge is 0.269 e. The molecule has 0 amide bonds. The van der Waals surface area contributed by atoms with Gasteiger partial charge in [-0.25, -0.2) is 4.39 Å². The first-order valence-corrected chi connectivity index (χ1v) is 4.89. The Morgan fingerprint density at radius 2 is 2.29 bits per heavy atom. The molecule has 5 heteroatoms. The topological polar surface area (TPSA) is 58.7 Å². The van der Waals surface area contributed by atoms with Crippen molar-refractivity contribution in [3.05, 3.63) is 64.1 Å². The Labute approximate surface area is 96.6 Å². The van der Waals surface area contributed by atoms with E-state index in [4.69, 9.17) is 5.26 Å². The molecule has 1 aromatic heterocycles. The molecule has 0 radical (unpaired) electrons. The van der Waals surface area contributed by atoms with Crippen molar-refractivity contribution < 1.29 is 4.39 Å². The van der Waals surface area contributed by atoms with E-state index in [1.165, 1.54) is 35.3 Å². The van der Waals surface area contributed by atoms with E-state index in [1.54, 1.807) is 12.1 Å². The Balaban J connectivity index is 2.32. The Hall–Kier alpha value is -2.48. The van der Waals surface area contributed by atoms with Crippen LogP contribution in [0.4, 0.5) is 4.39 Å². The minimum Gasteiger partial charge on any atom is -0.308 e. The van der Waals surface area contributed by atoms with Crippen LogP contribution in [0.5, 0.6) is 0 Å². The van der Waals surface area contributed by atoms with Crippen LogP contribution in [0.1, 0.15) is 11.1 Å². The summed E-state index contributed by atoms with van der Waals surface area (Å²) in [4.78, 5) is 15.1. The highest BCUT2D eigenvalue weighted by Crippen LogP contribution is 2.09. The fraction of sp³-hybridized carbons (Fsp3) is 0.0833. The maximum atomic E-state index is 13.3. The first-order valence-electron chi connectivity index (χ1n) is 4.89. The van der Waals surface area contributed by atoms with Crippen molar-refractivity contribution in [3.63, 3.8) is 0 Å². The fourth-order valence-electron chi connectivity index (χ4n) is 1.45. The van der Waals surface area contributed by atoms with E-state index in [0.717, 1.165) is 0 Å². The van der Waals surface area contributed by atoms with Gasteiger partial charge in [0, 0.05) is 12.4 Å². The third-order valence-corrected chi connectivity index (χ3v) is 2.31. The van der Waals surface area contributed by atoms with Crippen molar-refractivity contribution in [3.8, 4) is 6.07 Å². The lowest BCUT2D eigenvalue weighted by Crippen LogP contribution is -2.19. The molecule has 0 aliphatic rings. The molecule has 0 fully saturated rings. The minimum atomic E-state index is -0.577. The second kappa shape index (κ2) is 4.58. The van der Waals surface area contributed by atoms with Crippen LogP contribution in [0.3, 0.4) is 0 Å². The number of hydrogen-bond acceptors (Lipinski definition) is 3. The molecule has 2 aromatic rings. The fourth-order valence-corrected chi connectivity index (χ4v) is 1.45. The summed E-state index contributed by atoms with van der Waals surface area (Å²) >= 11 is 0. The Bertz CT molecular complexity index is 643. The molecule has 0 bridgehead atoms. The van der Waals surface area contributed by atoms with Crippen LogP contribution in [-0.4, -0.2) is 9.55 Å². The van der Waals surface area contributed by atoms with Crippen molar-refractivity contribution in [2.75, 3.05) is 0 Å². The predicted molar refractivity (Wildman–Crippen MR) is 58.7 cm³/mol. The van der Waals surface area contributed by atoms with Gasteiger partial charge in [-0.3, -0.25) is 9.78 Å². The number of halogens is 1. The summed E-state index contributed by atoms with van der Waals surface area (Å²) in [5.41, 5.74) is 0.364. The van der Waals surface area contributed by atoms with E-state index in [2.05, 4.69) is 4.98 Å². The third kappa shape index (κ3) is 2.37. The number of benzene rings is 1. The minimum absolute atomic E-state index is 0.00387. The highest BCUT2D eigenvalue weighted by atomic mass is 19.1. The summed E-state index contributed by atoms with van der Waals surface area (Å²) < 4.78 is 14.7. The van der Waals surface area contributed by atoms with E-state index in [0.29, 0.717) is 5.56 Å². The monoisotopic (exact) mass is 229 g/mol. The average molecular weight is 229 g/mol. The standard InChI is InChI=1S/C12H8FN3O/c13-11-5-9(1-2-10(11)6-14)8-16-4-3-15-7-12(16)17/h1-5,7H,8H2. The summed E-state index contributed by atoms with van der Waals surface area (Å²) in [7, 11) is 0. The van der Waals surface area contributed by atoms with E-state index >= 15 is 0 Å². The number of aromatic nitrogens is 2. The molecule has 0 unspecified atom stereocenters. The van der Waals surface area contributed by atoms with Crippen molar-refractivity contribution in [2.24, 2.45) is 0 Å². The second-order valence-corrected chi connectivity index (χ2v) is 3.47. The molecular formula is C12H8FN3O. The van der Waals surface area contributed by atoms with Crippen molar-refractivity contribution in [2.45, 2.75) is 6.54 Å². The van der Waals surface area contributed by atoms with Gasteiger partial charge in [-0.05, 0) is 17.7 Å². The first kappa shape index (κ1) is 11.0. The van der Waals surface area contributed by atoms with Crippen LogP contribution < -0.4 is 5.56 Å². The molecular weight excluding hydrogens is 221 g/mol. The van der Waals surface area contributed by atoms with Gasteiger partial charge in [-0.2, -0.15) is 5.26 Å². The van der Waals surface area contributed by atoms with Gasteiger partial charge >= 0.3 is 0 Å². The molecule has 17 heavy (non-hydrogen) atoms. The van der Waals surface area contributed by atoms with Crippen LogP contribution in [0.15, 0.2) is 41.6 Å². The summed E-state index contributed by atoms with van der Waals surface area (Å²) in [6, 6.07) is 6.02. The molecule has 0 N–H and O–H groups in total. The Kier molecular flexibility index (Phi) is 2.97. The lowest BCUT2D eigenvalue weighted by molar-refractivity contribution is 0.618. The van der Waals surface area contributed by atoms with Gasteiger partial charge in [0.05, 0.1) is 18.3 Å². The van der Waals surface area contributed by atoms with Crippen LogP contribution in [0.2, 0.25) is 0 Å². The van der Waals surface area contributed by atoms with Crippen LogP contribution in [-0.2, 0) is 6.54 Å².